The van der Waals surface area contributed by atoms with Crippen molar-refractivity contribution >= 4 is 17.3 Å². The fourth-order valence-corrected chi connectivity index (χ4v) is 4.39. The number of methoxy groups -OCH3 is 1. The van der Waals surface area contributed by atoms with Gasteiger partial charge in [0.05, 0.1) is 23.8 Å². The molecule has 0 bridgehead atoms. The van der Waals surface area contributed by atoms with Crippen LogP contribution in [0.3, 0.4) is 0 Å². The van der Waals surface area contributed by atoms with Gasteiger partial charge in [-0.3, -0.25) is 14.4 Å². The van der Waals surface area contributed by atoms with E-state index in [4.69, 9.17) is 4.74 Å². The highest BCUT2D eigenvalue weighted by Crippen LogP contribution is 2.48. The summed E-state index contributed by atoms with van der Waals surface area (Å²) in [5, 5.41) is 32.5. The van der Waals surface area contributed by atoms with Gasteiger partial charge < -0.3 is 20.1 Å². The van der Waals surface area contributed by atoms with Crippen molar-refractivity contribution in [2.45, 2.75) is 38.2 Å². The van der Waals surface area contributed by atoms with Crippen molar-refractivity contribution in [3.8, 4) is 17.2 Å². The van der Waals surface area contributed by atoms with E-state index < -0.39 is 28.7 Å². The molecular weight excluding hydrogens is 376 g/mol. The lowest BCUT2D eigenvalue weighted by atomic mass is 9.72. The second-order valence-corrected chi connectivity index (χ2v) is 7.43. The molecule has 2 aromatic rings. The molecular formula is C22H20O7. The van der Waals surface area contributed by atoms with Crippen LogP contribution < -0.4 is 4.74 Å². The summed E-state index contributed by atoms with van der Waals surface area (Å²) in [6.45, 7) is 1.63. The topological polar surface area (TPSA) is 121 Å². The monoisotopic (exact) mass is 396 g/mol. The normalized spacial score (nSPS) is 20.0. The Morgan fingerprint density at radius 1 is 1.07 bits per heavy atom. The van der Waals surface area contributed by atoms with Crippen LogP contribution in [0, 0.1) is 0 Å². The summed E-state index contributed by atoms with van der Waals surface area (Å²) in [7, 11) is 1.37. The van der Waals surface area contributed by atoms with Crippen molar-refractivity contribution in [2.75, 3.05) is 7.11 Å². The number of Topliss-reactive ketones (excluding diaryl/α,β-unsaturated/α-hetero) is 1. The van der Waals surface area contributed by atoms with E-state index >= 15 is 0 Å². The van der Waals surface area contributed by atoms with E-state index in [1.807, 2.05) is 0 Å². The van der Waals surface area contributed by atoms with Gasteiger partial charge in [-0.1, -0.05) is 19.1 Å². The first-order chi connectivity index (χ1) is 13.7. The van der Waals surface area contributed by atoms with E-state index in [0.29, 0.717) is 0 Å². The first-order valence-electron chi connectivity index (χ1n) is 9.36. The van der Waals surface area contributed by atoms with Crippen LogP contribution in [0.4, 0.5) is 0 Å². The zero-order valence-electron chi connectivity index (χ0n) is 16.0. The molecule has 3 N–H and O–H groups in total. The number of hydrogen-bond acceptors (Lipinski definition) is 7. The third-order valence-electron chi connectivity index (χ3n) is 5.93. The highest BCUT2D eigenvalue weighted by atomic mass is 16.5. The Morgan fingerprint density at radius 2 is 1.72 bits per heavy atom. The molecule has 1 atom stereocenters. The predicted octanol–water partition coefficient (Wildman–Crippen LogP) is 2.08. The zero-order valence-corrected chi connectivity index (χ0v) is 16.0. The van der Waals surface area contributed by atoms with Crippen molar-refractivity contribution in [3.05, 3.63) is 51.6 Å². The molecule has 0 radical (unpaired) electrons. The number of carbonyl (C=O) groups excluding carboxylic acids is 3. The number of carbonyl (C=O) groups is 3. The number of ketones is 3. The van der Waals surface area contributed by atoms with E-state index in [-0.39, 0.29) is 70.6 Å². The summed E-state index contributed by atoms with van der Waals surface area (Å²) < 4.78 is 5.21. The number of aliphatic hydroxyl groups is 1. The fraction of sp³-hybridized carbons (Fsp3) is 0.318. The molecule has 2 aromatic carbocycles. The highest BCUT2D eigenvalue weighted by molar-refractivity contribution is 6.31. The van der Waals surface area contributed by atoms with Crippen LogP contribution in [0.2, 0.25) is 0 Å². The number of fused-ring (bicyclic) bond motifs is 3. The maximum atomic E-state index is 13.2. The molecule has 29 heavy (non-hydrogen) atoms. The van der Waals surface area contributed by atoms with Gasteiger partial charge in [-0.2, -0.15) is 0 Å². The van der Waals surface area contributed by atoms with Gasteiger partial charge in [0.1, 0.15) is 22.8 Å². The number of hydrogen-bond donors (Lipinski definition) is 3. The minimum absolute atomic E-state index is 0.0376. The van der Waals surface area contributed by atoms with Crippen LogP contribution in [0.15, 0.2) is 18.2 Å². The number of aromatic hydroxyl groups is 2. The van der Waals surface area contributed by atoms with Crippen LogP contribution in [0.1, 0.15) is 62.7 Å². The summed E-state index contributed by atoms with van der Waals surface area (Å²) in [4.78, 5) is 38.5. The molecule has 2 aliphatic rings. The Labute approximate surface area is 166 Å². The summed E-state index contributed by atoms with van der Waals surface area (Å²) in [6, 6.07) is 4.55. The molecule has 0 saturated carbocycles. The van der Waals surface area contributed by atoms with Gasteiger partial charge in [-0.25, -0.2) is 0 Å². The molecule has 0 aromatic heterocycles. The average Bonchev–Trinajstić information content (AvgIpc) is 2.73. The fourth-order valence-electron chi connectivity index (χ4n) is 4.39. The van der Waals surface area contributed by atoms with Gasteiger partial charge in [0.25, 0.3) is 0 Å². The lowest BCUT2D eigenvalue weighted by Gasteiger charge is -2.34. The molecule has 0 heterocycles. The van der Waals surface area contributed by atoms with Crippen molar-refractivity contribution in [1.82, 2.24) is 0 Å². The number of phenols is 2. The second kappa shape index (κ2) is 6.42. The minimum Gasteiger partial charge on any atom is -0.507 e. The van der Waals surface area contributed by atoms with Crippen LogP contribution >= 0.6 is 0 Å². The van der Waals surface area contributed by atoms with Crippen LogP contribution in [0.5, 0.6) is 17.2 Å². The van der Waals surface area contributed by atoms with E-state index in [2.05, 4.69) is 0 Å². The zero-order chi connectivity index (χ0) is 21.1. The van der Waals surface area contributed by atoms with E-state index in [0.717, 1.165) is 0 Å². The van der Waals surface area contributed by atoms with Gasteiger partial charge in [0.2, 0.25) is 5.78 Å². The highest BCUT2D eigenvalue weighted by Gasteiger charge is 2.44. The molecule has 7 nitrogen and oxygen atoms in total. The maximum absolute atomic E-state index is 13.2. The summed E-state index contributed by atoms with van der Waals surface area (Å²) in [6.07, 6.45) is 0.0349. The van der Waals surface area contributed by atoms with Gasteiger partial charge in [0, 0.05) is 29.5 Å². The summed E-state index contributed by atoms with van der Waals surface area (Å²) in [5.41, 5.74) is -1.75. The molecule has 0 aliphatic heterocycles. The number of rotatable bonds is 3. The molecule has 0 spiro atoms. The van der Waals surface area contributed by atoms with Gasteiger partial charge >= 0.3 is 0 Å². The number of ether oxygens (including phenoxy) is 1. The molecule has 7 heteroatoms. The molecule has 4 rings (SSSR count). The van der Waals surface area contributed by atoms with Crippen LogP contribution in [-0.4, -0.2) is 45.4 Å². The Bertz CT molecular complexity index is 1100. The Balaban J connectivity index is 1.97. The van der Waals surface area contributed by atoms with Gasteiger partial charge in [-0.05, 0) is 18.9 Å². The quantitative estimate of drug-likeness (QED) is 0.580. The van der Waals surface area contributed by atoms with Gasteiger partial charge in [-0.15, -0.1) is 0 Å². The SMILES string of the molecule is CCC(=O)[C@@]1(O)CCc2c(O)c3c(c(O)c2C1)C(=O)c1cccc(OC)c1C3=O. The number of phenolic OH excluding ortho intramolecular Hbond substituents is 2. The lowest BCUT2D eigenvalue weighted by molar-refractivity contribution is -0.138. The average molecular weight is 396 g/mol. The molecule has 0 saturated heterocycles. The predicted molar refractivity (Wildman–Crippen MR) is 102 cm³/mol. The van der Waals surface area contributed by atoms with Crippen LogP contribution in [-0.2, 0) is 17.6 Å². The second-order valence-electron chi connectivity index (χ2n) is 7.43. The van der Waals surface area contributed by atoms with Crippen molar-refractivity contribution in [2.24, 2.45) is 0 Å². The minimum atomic E-state index is -1.68. The van der Waals surface area contributed by atoms with E-state index in [1.54, 1.807) is 19.1 Å². The maximum Gasteiger partial charge on any atom is 0.202 e. The molecule has 150 valence electrons. The molecule has 2 aliphatic carbocycles. The van der Waals surface area contributed by atoms with Crippen molar-refractivity contribution < 1.29 is 34.4 Å². The van der Waals surface area contributed by atoms with Crippen molar-refractivity contribution in [1.29, 1.82) is 0 Å². The Morgan fingerprint density at radius 3 is 2.38 bits per heavy atom. The van der Waals surface area contributed by atoms with Gasteiger partial charge in [0.15, 0.2) is 11.6 Å². The van der Waals surface area contributed by atoms with Crippen LogP contribution in [0.25, 0.3) is 0 Å². The first kappa shape index (κ1) is 19.1. The standard InChI is InChI=1S/C22H20O7/c1-3-14(23)22(28)8-7-10-12(9-22)20(26)16-17(18(10)24)21(27)15-11(19(16)25)5-4-6-13(15)29-2/h4-6,24,26,28H,3,7-9H2,1-2H3/t22-/m1/s1. The van der Waals surface area contributed by atoms with Crippen molar-refractivity contribution in [3.63, 3.8) is 0 Å². The largest absolute Gasteiger partial charge is 0.507 e. The number of benzene rings is 2. The Hall–Kier alpha value is -3.19. The van der Waals surface area contributed by atoms with E-state index in [9.17, 15) is 29.7 Å². The molecule has 0 unspecified atom stereocenters. The molecule has 0 fully saturated rings. The summed E-state index contributed by atoms with van der Waals surface area (Å²) in [5.74, 6) is -2.29. The lowest BCUT2D eigenvalue weighted by Crippen LogP contribution is -2.44. The smallest absolute Gasteiger partial charge is 0.202 e. The third-order valence-corrected chi connectivity index (χ3v) is 5.93. The Kier molecular flexibility index (Phi) is 4.24. The van der Waals surface area contributed by atoms with E-state index in [1.165, 1.54) is 13.2 Å². The summed E-state index contributed by atoms with van der Waals surface area (Å²) >= 11 is 0. The first-order valence-corrected chi connectivity index (χ1v) is 9.36. The molecule has 0 amide bonds. The third kappa shape index (κ3) is 2.50.